The van der Waals surface area contributed by atoms with Gasteiger partial charge < -0.3 is 11.1 Å². The highest BCUT2D eigenvalue weighted by Gasteiger charge is 2.11. The van der Waals surface area contributed by atoms with Crippen LogP contribution in [0.5, 0.6) is 0 Å². The van der Waals surface area contributed by atoms with E-state index in [1.54, 1.807) is 24.3 Å². The average molecular weight is 319 g/mol. The highest BCUT2D eigenvalue weighted by atomic mass is 32.1. The van der Waals surface area contributed by atoms with Crippen LogP contribution in [0.1, 0.15) is 35.1 Å². The molecule has 0 bridgehead atoms. The molecule has 0 aliphatic rings. The molecule has 1 aromatic heterocycles. The molecule has 22 heavy (non-hydrogen) atoms. The van der Waals surface area contributed by atoms with Gasteiger partial charge in [0.05, 0.1) is 0 Å². The van der Waals surface area contributed by atoms with Crippen LogP contribution in [0.15, 0.2) is 24.3 Å². The minimum Gasteiger partial charge on any atom is -0.351 e. The van der Waals surface area contributed by atoms with Crippen LogP contribution in [0.3, 0.4) is 0 Å². The minimum absolute atomic E-state index is 0.314. The molecule has 0 spiro atoms. The fraction of sp³-hybridized carbons (Fsp3) is 0.286. The van der Waals surface area contributed by atoms with Crippen molar-refractivity contribution in [2.75, 3.05) is 10.6 Å². The van der Waals surface area contributed by atoms with Gasteiger partial charge in [0, 0.05) is 17.7 Å². The quantitative estimate of drug-likeness (QED) is 0.760. The predicted octanol–water partition coefficient (Wildman–Crippen LogP) is 2.62. The number of aryl methyl sites for hydroxylation is 1. The van der Waals surface area contributed by atoms with Gasteiger partial charge in [-0.25, -0.2) is 4.79 Å². The lowest BCUT2D eigenvalue weighted by Gasteiger charge is -2.05. The Bertz CT molecular complexity index is 671. The molecule has 1 heterocycles. The number of hydrogen-bond donors (Lipinski definition) is 3. The van der Waals surface area contributed by atoms with Gasteiger partial charge in [-0.15, -0.1) is 10.2 Å². The summed E-state index contributed by atoms with van der Waals surface area (Å²) in [4.78, 5) is 23.0. The van der Waals surface area contributed by atoms with Gasteiger partial charge in [0.1, 0.15) is 5.01 Å². The van der Waals surface area contributed by atoms with Gasteiger partial charge in [-0.05, 0) is 24.6 Å². The van der Waals surface area contributed by atoms with Gasteiger partial charge in [-0.1, -0.05) is 30.7 Å². The lowest BCUT2D eigenvalue weighted by molar-refractivity contribution is 0.102. The van der Waals surface area contributed by atoms with Crippen LogP contribution in [0.4, 0.5) is 15.6 Å². The topological polar surface area (TPSA) is 110 Å². The van der Waals surface area contributed by atoms with E-state index in [1.165, 1.54) is 11.3 Å². The van der Waals surface area contributed by atoms with E-state index in [0.29, 0.717) is 16.4 Å². The number of nitrogens with one attached hydrogen (secondary N) is 2. The summed E-state index contributed by atoms with van der Waals surface area (Å²) in [6, 6.07) is 5.81. The Morgan fingerprint density at radius 2 is 2.09 bits per heavy atom. The molecular weight excluding hydrogens is 302 g/mol. The van der Waals surface area contributed by atoms with Crippen LogP contribution >= 0.6 is 11.3 Å². The SMILES string of the molecule is CCCCc1nnc(NC(=O)c2cccc(NC(N)=O)c2)s1. The molecule has 8 heteroatoms. The largest absolute Gasteiger partial charge is 0.351 e. The number of hydrogen-bond acceptors (Lipinski definition) is 5. The summed E-state index contributed by atoms with van der Waals surface area (Å²) >= 11 is 1.37. The molecule has 0 fully saturated rings. The van der Waals surface area contributed by atoms with Crippen molar-refractivity contribution in [3.8, 4) is 0 Å². The fourth-order valence-corrected chi connectivity index (χ4v) is 2.56. The lowest BCUT2D eigenvalue weighted by Crippen LogP contribution is -2.19. The molecule has 0 unspecified atom stereocenters. The van der Waals surface area contributed by atoms with Gasteiger partial charge in [-0.2, -0.15) is 0 Å². The third kappa shape index (κ3) is 4.52. The van der Waals surface area contributed by atoms with E-state index >= 15 is 0 Å². The highest BCUT2D eigenvalue weighted by Crippen LogP contribution is 2.18. The van der Waals surface area contributed by atoms with Gasteiger partial charge in [-0.3, -0.25) is 10.1 Å². The minimum atomic E-state index is -0.678. The van der Waals surface area contributed by atoms with E-state index in [4.69, 9.17) is 5.73 Å². The zero-order chi connectivity index (χ0) is 15.9. The average Bonchev–Trinajstić information content (AvgIpc) is 2.92. The Kier molecular flexibility index (Phi) is 5.42. The molecule has 0 aliphatic heterocycles. The summed E-state index contributed by atoms with van der Waals surface area (Å²) in [7, 11) is 0. The van der Waals surface area contributed by atoms with E-state index in [2.05, 4.69) is 27.8 Å². The number of amides is 3. The van der Waals surface area contributed by atoms with Crippen molar-refractivity contribution in [1.29, 1.82) is 0 Å². The number of primary amides is 1. The van der Waals surface area contributed by atoms with E-state index in [1.807, 2.05) is 0 Å². The van der Waals surface area contributed by atoms with Gasteiger partial charge in [0.25, 0.3) is 5.91 Å². The summed E-state index contributed by atoms with van der Waals surface area (Å²) in [5.41, 5.74) is 5.91. The van der Waals surface area contributed by atoms with Crippen molar-refractivity contribution in [3.63, 3.8) is 0 Å². The van der Waals surface area contributed by atoms with Crippen LogP contribution < -0.4 is 16.4 Å². The molecular formula is C14H17N5O2S. The Morgan fingerprint density at radius 1 is 1.27 bits per heavy atom. The molecule has 0 radical (unpaired) electrons. The van der Waals surface area contributed by atoms with E-state index in [9.17, 15) is 9.59 Å². The molecule has 2 rings (SSSR count). The number of unbranched alkanes of at least 4 members (excludes halogenated alkanes) is 1. The fourth-order valence-electron chi connectivity index (χ4n) is 1.78. The van der Waals surface area contributed by atoms with Crippen molar-refractivity contribution >= 4 is 34.1 Å². The summed E-state index contributed by atoms with van der Waals surface area (Å²) in [6.07, 6.45) is 2.99. The Morgan fingerprint density at radius 3 is 2.82 bits per heavy atom. The second-order valence-electron chi connectivity index (χ2n) is 4.63. The van der Waals surface area contributed by atoms with Crippen LogP contribution in [0.25, 0.3) is 0 Å². The maximum absolute atomic E-state index is 12.2. The molecule has 0 atom stereocenters. The zero-order valence-electron chi connectivity index (χ0n) is 12.1. The van der Waals surface area contributed by atoms with Crippen molar-refractivity contribution in [1.82, 2.24) is 10.2 Å². The van der Waals surface area contributed by atoms with Gasteiger partial charge >= 0.3 is 6.03 Å². The first-order chi connectivity index (χ1) is 10.6. The molecule has 3 amide bonds. The predicted molar refractivity (Wildman–Crippen MR) is 86.1 cm³/mol. The van der Waals surface area contributed by atoms with Crippen molar-refractivity contribution < 1.29 is 9.59 Å². The number of rotatable bonds is 6. The second kappa shape index (κ2) is 7.51. The Balaban J connectivity index is 2.02. The molecule has 7 nitrogen and oxygen atoms in total. The number of anilines is 2. The number of nitrogens with zero attached hydrogens (tertiary/aromatic N) is 2. The van der Waals surface area contributed by atoms with E-state index in [-0.39, 0.29) is 5.91 Å². The van der Waals surface area contributed by atoms with Crippen LogP contribution in [0.2, 0.25) is 0 Å². The first kappa shape index (κ1) is 15.9. The first-order valence-corrected chi connectivity index (χ1v) is 7.70. The summed E-state index contributed by atoms with van der Waals surface area (Å²) < 4.78 is 0. The molecule has 4 N–H and O–H groups in total. The molecule has 116 valence electrons. The summed E-state index contributed by atoms with van der Waals surface area (Å²) in [5, 5.41) is 14.5. The summed E-state index contributed by atoms with van der Waals surface area (Å²) in [5.74, 6) is -0.314. The number of aromatic nitrogens is 2. The standard InChI is InChI=1S/C14H17N5O2S/c1-2-3-7-11-18-19-14(22-11)17-12(20)9-5-4-6-10(8-9)16-13(15)21/h4-6,8H,2-3,7H2,1H3,(H3,15,16,21)(H,17,19,20). The van der Waals surface area contributed by atoms with E-state index in [0.717, 1.165) is 24.3 Å². The normalized spacial score (nSPS) is 10.2. The molecule has 2 aromatic rings. The second-order valence-corrected chi connectivity index (χ2v) is 5.69. The van der Waals surface area contributed by atoms with E-state index < -0.39 is 6.03 Å². The Hall–Kier alpha value is -2.48. The smallest absolute Gasteiger partial charge is 0.316 e. The number of benzene rings is 1. The van der Waals surface area contributed by atoms with Crippen molar-refractivity contribution in [2.45, 2.75) is 26.2 Å². The molecule has 1 aromatic carbocycles. The van der Waals surface area contributed by atoms with Gasteiger partial charge in [0.2, 0.25) is 5.13 Å². The molecule has 0 saturated heterocycles. The van der Waals surface area contributed by atoms with Crippen LogP contribution in [0, 0.1) is 0 Å². The van der Waals surface area contributed by atoms with Gasteiger partial charge in [0.15, 0.2) is 0 Å². The van der Waals surface area contributed by atoms with Crippen molar-refractivity contribution in [3.05, 3.63) is 34.8 Å². The third-order valence-electron chi connectivity index (χ3n) is 2.82. The maximum Gasteiger partial charge on any atom is 0.316 e. The maximum atomic E-state index is 12.2. The Labute approximate surface area is 131 Å². The number of carbonyl (C=O) groups excluding carboxylic acids is 2. The highest BCUT2D eigenvalue weighted by molar-refractivity contribution is 7.15. The molecule has 0 saturated carbocycles. The number of urea groups is 1. The third-order valence-corrected chi connectivity index (χ3v) is 3.72. The number of nitrogens with two attached hydrogens (primary N) is 1. The summed E-state index contributed by atoms with van der Waals surface area (Å²) in [6.45, 7) is 2.11. The van der Waals surface area contributed by atoms with Crippen LogP contribution in [-0.2, 0) is 6.42 Å². The molecule has 0 aliphatic carbocycles. The monoisotopic (exact) mass is 319 g/mol. The van der Waals surface area contributed by atoms with Crippen molar-refractivity contribution in [2.24, 2.45) is 5.73 Å². The first-order valence-electron chi connectivity index (χ1n) is 6.88. The van der Waals surface area contributed by atoms with Crippen LogP contribution in [-0.4, -0.2) is 22.1 Å². The lowest BCUT2D eigenvalue weighted by atomic mass is 10.2. The number of carbonyl (C=O) groups is 2. The zero-order valence-corrected chi connectivity index (χ0v) is 12.9.